The average Bonchev–Trinajstić information content (AvgIpc) is 2.99. The van der Waals surface area contributed by atoms with E-state index in [9.17, 15) is 5.11 Å². The van der Waals surface area contributed by atoms with E-state index in [1.807, 2.05) is 24.3 Å². The first-order valence-corrected chi connectivity index (χ1v) is 8.28. The first kappa shape index (κ1) is 13.9. The molecule has 0 saturated carbocycles. The summed E-state index contributed by atoms with van der Waals surface area (Å²) in [6.45, 7) is 1.64. The average molecular weight is 291 g/mol. The van der Waals surface area contributed by atoms with E-state index >= 15 is 0 Å². The Bertz CT molecular complexity index is 668. The minimum atomic E-state index is -0.683. The van der Waals surface area contributed by atoms with Gasteiger partial charge in [-0.05, 0) is 29.4 Å². The van der Waals surface area contributed by atoms with E-state index in [-0.39, 0.29) is 5.76 Å². The molecular formula is C19H16OP-. The second-order valence-corrected chi connectivity index (χ2v) is 7.07. The molecule has 2 aromatic carbocycles. The SMILES string of the molecule is C/C([O-])=C1/C=CC=C1P(c1ccccc1)c1ccccc1. The zero-order chi connectivity index (χ0) is 14.7. The normalized spacial score (nSPS) is 16.2. The molecule has 2 aromatic rings. The molecule has 0 fully saturated rings. The Labute approximate surface area is 126 Å². The van der Waals surface area contributed by atoms with Crippen LogP contribution in [-0.4, -0.2) is 0 Å². The Kier molecular flexibility index (Phi) is 4.03. The van der Waals surface area contributed by atoms with Crippen molar-refractivity contribution in [3.05, 3.63) is 95.5 Å². The van der Waals surface area contributed by atoms with E-state index in [1.54, 1.807) is 6.92 Å². The second kappa shape index (κ2) is 6.11. The summed E-state index contributed by atoms with van der Waals surface area (Å²) in [5.74, 6) is 0.134. The van der Waals surface area contributed by atoms with Crippen molar-refractivity contribution < 1.29 is 5.11 Å². The van der Waals surface area contributed by atoms with Gasteiger partial charge in [-0.15, -0.1) is 5.76 Å². The summed E-state index contributed by atoms with van der Waals surface area (Å²) in [4.78, 5) is 0. The van der Waals surface area contributed by atoms with Crippen LogP contribution in [0.3, 0.4) is 0 Å². The minimum Gasteiger partial charge on any atom is -0.875 e. The predicted molar refractivity (Wildman–Crippen MR) is 89.0 cm³/mol. The molecule has 104 valence electrons. The molecule has 0 atom stereocenters. The fourth-order valence-corrected chi connectivity index (χ4v) is 4.99. The lowest BCUT2D eigenvalue weighted by molar-refractivity contribution is -0.302. The van der Waals surface area contributed by atoms with Crippen molar-refractivity contribution >= 4 is 18.5 Å². The quantitative estimate of drug-likeness (QED) is 0.629. The Hall–Kier alpha value is -2.11. The summed E-state index contributed by atoms with van der Waals surface area (Å²) in [6.07, 6.45) is 5.99. The number of hydrogen-bond donors (Lipinski definition) is 0. The number of allylic oxidation sites excluding steroid dienone is 6. The molecule has 1 nitrogen and oxygen atoms in total. The molecule has 0 bridgehead atoms. The van der Waals surface area contributed by atoms with Crippen molar-refractivity contribution in [3.63, 3.8) is 0 Å². The van der Waals surface area contributed by atoms with E-state index in [1.165, 1.54) is 10.6 Å². The summed E-state index contributed by atoms with van der Waals surface area (Å²) >= 11 is 0. The highest BCUT2D eigenvalue weighted by molar-refractivity contribution is 7.77. The number of benzene rings is 2. The molecule has 0 aromatic heterocycles. The van der Waals surface area contributed by atoms with E-state index in [0.29, 0.717) is 0 Å². The van der Waals surface area contributed by atoms with Crippen LogP contribution in [-0.2, 0) is 0 Å². The van der Waals surface area contributed by atoms with Crippen molar-refractivity contribution in [2.45, 2.75) is 6.92 Å². The Morgan fingerprint density at radius 2 is 1.38 bits per heavy atom. The van der Waals surface area contributed by atoms with Crippen LogP contribution < -0.4 is 15.7 Å². The molecule has 0 N–H and O–H groups in total. The summed E-state index contributed by atoms with van der Waals surface area (Å²) in [5.41, 5.74) is 0.841. The van der Waals surface area contributed by atoms with Crippen LogP contribution in [0.2, 0.25) is 0 Å². The third-order valence-corrected chi connectivity index (χ3v) is 5.94. The van der Waals surface area contributed by atoms with Crippen LogP contribution in [0.4, 0.5) is 0 Å². The predicted octanol–water partition coefficient (Wildman–Crippen LogP) is 3.21. The van der Waals surface area contributed by atoms with E-state index in [2.05, 4.69) is 54.6 Å². The highest BCUT2D eigenvalue weighted by atomic mass is 31.1. The topological polar surface area (TPSA) is 23.1 Å². The van der Waals surface area contributed by atoms with Gasteiger partial charge in [-0.2, -0.15) is 0 Å². The second-order valence-electron chi connectivity index (χ2n) is 4.89. The maximum atomic E-state index is 11.9. The van der Waals surface area contributed by atoms with Gasteiger partial charge in [0.05, 0.1) is 0 Å². The molecule has 0 unspecified atom stereocenters. The fourth-order valence-electron chi connectivity index (χ4n) is 2.48. The summed E-state index contributed by atoms with van der Waals surface area (Å²) in [7, 11) is -0.683. The summed E-state index contributed by atoms with van der Waals surface area (Å²) in [5, 5.41) is 15.6. The van der Waals surface area contributed by atoms with Crippen molar-refractivity contribution in [2.75, 3.05) is 0 Å². The van der Waals surface area contributed by atoms with Gasteiger partial charge in [0, 0.05) is 0 Å². The van der Waals surface area contributed by atoms with Gasteiger partial charge < -0.3 is 5.11 Å². The van der Waals surface area contributed by atoms with Gasteiger partial charge in [-0.3, -0.25) is 0 Å². The number of rotatable bonds is 3. The zero-order valence-corrected chi connectivity index (χ0v) is 12.8. The molecule has 1 aliphatic rings. The van der Waals surface area contributed by atoms with Gasteiger partial charge in [-0.25, -0.2) is 0 Å². The minimum absolute atomic E-state index is 0.134. The fraction of sp³-hybridized carbons (Fsp3) is 0.0526. The zero-order valence-electron chi connectivity index (χ0n) is 11.9. The van der Waals surface area contributed by atoms with Crippen LogP contribution in [0.15, 0.2) is 95.5 Å². The van der Waals surface area contributed by atoms with Gasteiger partial charge in [0.1, 0.15) is 0 Å². The third-order valence-electron chi connectivity index (χ3n) is 3.44. The molecule has 0 radical (unpaired) electrons. The first-order valence-electron chi connectivity index (χ1n) is 6.94. The molecule has 0 spiro atoms. The smallest absolute Gasteiger partial charge is 0.00881 e. The number of hydrogen-bond acceptors (Lipinski definition) is 1. The third kappa shape index (κ3) is 2.84. The van der Waals surface area contributed by atoms with Crippen LogP contribution in [0.25, 0.3) is 0 Å². The van der Waals surface area contributed by atoms with E-state index in [0.717, 1.165) is 10.9 Å². The monoisotopic (exact) mass is 291 g/mol. The van der Waals surface area contributed by atoms with Crippen LogP contribution in [0.5, 0.6) is 0 Å². The molecule has 3 rings (SSSR count). The van der Waals surface area contributed by atoms with Crippen molar-refractivity contribution in [1.82, 2.24) is 0 Å². The summed E-state index contributed by atoms with van der Waals surface area (Å²) in [6, 6.07) is 20.9. The maximum Gasteiger partial charge on any atom is -0.00881 e. The standard InChI is InChI=1S/C19H17OP/c1-15(20)18-13-8-14-19(18)21(16-9-4-2-5-10-16)17-11-6-3-7-12-17/h2-14,20H,1H3/p-1/b18-15+. The lowest BCUT2D eigenvalue weighted by Crippen LogP contribution is -2.14. The molecule has 21 heavy (non-hydrogen) atoms. The van der Waals surface area contributed by atoms with E-state index in [4.69, 9.17) is 0 Å². The molecule has 0 amide bonds. The Morgan fingerprint density at radius 1 is 0.857 bits per heavy atom. The molecular weight excluding hydrogens is 275 g/mol. The van der Waals surface area contributed by atoms with Crippen molar-refractivity contribution in [3.8, 4) is 0 Å². The van der Waals surface area contributed by atoms with Gasteiger partial charge in [0.2, 0.25) is 0 Å². The van der Waals surface area contributed by atoms with Crippen molar-refractivity contribution in [1.29, 1.82) is 0 Å². The van der Waals surface area contributed by atoms with Crippen LogP contribution in [0, 0.1) is 0 Å². The lowest BCUT2D eigenvalue weighted by atomic mass is 10.2. The van der Waals surface area contributed by atoms with E-state index < -0.39 is 7.92 Å². The van der Waals surface area contributed by atoms with Gasteiger partial charge in [-0.1, -0.05) is 85.8 Å². The molecule has 2 heteroatoms. The van der Waals surface area contributed by atoms with Crippen LogP contribution in [0.1, 0.15) is 6.92 Å². The van der Waals surface area contributed by atoms with Gasteiger partial charge in [0.25, 0.3) is 0 Å². The Balaban J connectivity index is 2.13. The molecule has 0 heterocycles. The van der Waals surface area contributed by atoms with Gasteiger partial charge >= 0.3 is 0 Å². The largest absolute Gasteiger partial charge is 0.875 e. The van der Waals surface area contributed by atoms with Gasteiger partial charge in [0.15, 0.2) is 0 Å². The highest BCUT2D eigenvalue weighted by Crippen LogP contribution is 2.48. The first-order chi connectivity index (χ1) is 10.3. The lowest BCUT2D eigenvalue weighted by Gasteiger charge is -2.24. The Morgan fingerprint density at radius 3 is 1.86 bits per heavy atom. The molecule has 0 aliphatic heterocycles. The molecule has 0 saturated heterocycles. The summed E-state index contributed by atoms with van der Waals surface area (Å²) < 4.78 is 0. The highest BCUT2D eigenvalue weighted by Gasteiger charge is 2.21. The molecule has 1 aliphatic carbocycles. The maximum absolute atomic E-state index is 11.9. The van der Waals surface area contributed by atoms with Crippen molar-refractivity contribution in [2.24, 2.45) is 0 Å². The van der Waals surface area contributed by atoms with Crippen LogP contribution >= 0.6 is 7.92 Å².